The van der Waals surface area contributed by atoms with Gasteiger partial charge < -0.3 is 14.6 Å². The van der Waals surface area contributed by atoms with Gasteiger partial charge in [0.2, 0.25) is 5.91 Å². The number of carbonyl (C=O) groups is 2. The minimum atomic E-state index is -0.600. The molecule has 0 bridgehead atoms. The van der Waals surface area contributed by atoms with Gasteiger partial charge in [0.15, 0.2) is 5.78 Å². The van der Waals surface area contributed by atoms with Crippen molar-refractivity contribution in [3.63, 3.8) is 0 Å². The van der Waals surface area contributed by atoms with Crippen molar-refractivity contribution in [2.24, 2.45) is 0 Å². The van der Waals surface area contributed by atoms with Crippen molar-refractivity contribution in [2.75, 3.05) is 28.2 Å². The van der Waals surface area contributed by atoms with Gasteiger partial charge in [0.1, 0.15) is 11.8 Å². The molecule has 0 saturated heterocycles. The van der Waals surface area contributed by atoms with Gasteiger partial charge in [-0.05, 0) is 68.1 Å². The monoisotopic (exact) mass is 483 g/mol. The van der Waals surface area contributed by atoms with Gasteiger partial charge in [-0.15, -0.1) is 0 Å². The summed E-state index contributed by atoms with van der Waals surface area (Å²) in [5.41, 5.74) is 5.42. The Kier molecular flexibility index (Phi) is 6.68. The third-order valence-electron chi connectivity index (χ3n) is 7.37. The van der Waals surface area contributed by atoms with Crippen LogP contribution in [0.4, 0.5) is 17.1 Å². The van der Waals surface area contributed by atoms with Crippen molar-refractivity contribution in [2.45, 2.75) is 52.0 Å². The fourth-order valence-corrected chi connectivity index (χ4v) is 5.53. The zero-order valence-electron chi connectivity index (χ0n) is 21.2. The summed E-state index contributed by atoms with van der Waals surface area (Å²) in [7, 11) is 0. The van der Waals surface area contributed by atoms with Crippen LogP contribution in [0.5, 0.6) is 0 Å². The zero-order valence-corrected chi connectivity index (χ0v) is 21.2. The van der Waals surface area contributed by atoms with Gasteiger partial charge in [0.25, 0.3) is 0 Å². The molecule has 1 N–H and O–H groups in total. The Morgan fingerprint density at radius 2 is 1.75 bits per heavy atom. The summed E-state index contributed by atoms with van der Waals surface area (Å²) in [6.07, 6.45) is 3.00. The molecule has 186 valence electrons. The van der Waals surface area contributed by atoms with Crippen LogP contribution in [-0.2, 0) is 9.59 Å². The number of anilines is 3. The van der Waals surface area contributed by atoms with E-state index in [0.29, 0.717) is 30.6 Å². The fraction of sp³-hybridized carbons (Fsp3) is 0.333. The smallest absolute Gasteiger partial charge is 0.227 e. The largest absolute Gasteiger partial charge is 0.467 e. The Labute approximate surface area is 212 Å². The van der Waals surface area contributed by atoms with Crippen molar-refractivity contribution < 1.29 is 14.0 Å². The lowest BCUT2D eigenvalue weighted by Gasteiger charge is -2.33. The first-order valence-corrected chi connectivity index (χ1v) is 12.9. The molecule has 2 aromatic carbocycles. The SMILES string of the molecule is CCC(=O)N1c2ccccc2NC2=C(C(=O)C[C@@H](c3ccc(N(CC)CC)cc3)C2)[C@@H]1c1ccco1. The second-order valence-corrected chi connectivity index (χ2v) is 9.36. The first-order valence-electron chi connectivity index (χ1n) is 12.9. The summed E-state index contributed by atoms with van der Waals surface area (Å²) >= 11 is 0. The molecule has 6 nitrogen and oxygen atoms in total. The number of allylic oxidation sites excluding steroid dienone is 1. The Morgan fingerprint density at radius 3 is 2.42 bits per heavy atom. The summed E-state index contributed by atoms with van der Waals surface area (Å²) < 4.78 is 5.82. The van der Waals surface area contributed by atoms with Crippen LogP contribution in [0.3, 0.4) is 0 Å². The molecule has 1 aromatic heterocycles. The number of para-hydroxylation sites is 2. The first-order chi connectivity index (χ1) is 17.5. The normalized spacial score (nSPS) is 19.3. The Bertz CT molecular complexity index is 1270. The number of hydrogen-bond acceptors (Lipinski definition) is 5. The minimum absolute atomic E-state index is 0.0460. The van der Waals surface area contributed by atoms with E-state index in [1.54, 1.807) is 11.2 Å². The molecule has 0 saturated carbocycles. The summed E-state index contributed by atoms with van der Waals surface area (Å²) in [4.78, 5) is 31.2. The molecule has 3 aromatic rings. The number of rotatable bonds is 6. The molecular formula is C30H33N3O3. The molecule has 1 aliphatic heterocycles. The summed E-state index contributed by atoms with van der Waals surface area (Å²) in [5.74, 6) is 0.650. The van der Waals surface area contributed by atoms with E-state index in [9.17, 15) is 9.59 Å². The van der Waals surface area contributed by atoms with Gasteiger partial charge in [-0.25, -0.2) is 0 Å². The van der Waals surface area contributed by atoms with E-state index in [-0.39, 0.29) is 17.6 Å². The molecule has 36 heavy (non-hydrogen) atoms. The van der Waals surface area contributed by atoms with E-state index >= 15 is 0 Å². The molecular weight excluding hydrogens is 450 g/mol. The summed E-state index contributed by atoms with van der Waals surface area (Å²) in [6.45, 7) is 8.07. The number of nitrogens with one attached hydrogen (secondary N) is 1. The van der Waals surface area contributed by atoms with Gasteiger partial charge in [0.05, 0.1) is 17.6 Å². The maximum Gasteiger partial charge on any atom is 0.227 e. The number of amides is 1. The molecule has 5 rings (SSSR count). The third kappa shape index (κ3) is 4.21. The van der Waals surface area contributed by atoms with Crippen LogP contribution < -0.4 is 15.1 Å². The summed E-state index contributed by atoms with van der Waals surface area (Å²) in [6, 6.07) is 19.4. The lowest BCUT2D eigenvalue weighted by atomic mass is 9.79. The zero-order chi connectivity index (χ0) is 25.2. The van der Waals surface area contributed by atoms with Gasteiger partial charge in [0, 0.05) is 42.9 Å². The molecule has 1 aliphatic carbocycles. The number of hydrogen-bond donors (Lipinski definition) is 1. The second-order valence-electron chi connectivity index (χ2n) is 9.36. The number of nitrogens with zero attached hydrogens (tertiary/aromatic N) is 2. The molecule has 6 heteroatoms. The van der Waals surface area contributed by atoms with Crippen molar-refractivity contribution >= 4 is 28.8 Å². The maximum atomic E-state index is 13.9. The van der Waals surface area contributed by atoms with Crippen LogP contribution in [0.2, 0.25) is 0 Å². The molecule has 2 atom stereocenters. The topological polar surface area (TPSA) is 65.8 Å². The number of carbonyl (C=O) groups excluding carboxylic acids is 2. The van der Waals surface area contributed by atoms with Gasteiger partial charge in [-0.3, -0.25) is 14.5 Å². The lowest BCUT2D eigenvalue weighted by Crippen LogP contribution is -2.38. The molecule has 0 radical (unpaired) electrons. The van der Waals surface area contributed by atoms with E-state index < -0.39 is 6.04 Å². The maximum absolute atomic E-state index is 13.9. The average Bonchev–Trinajstić information content (AvgIpc) is 3.39. The highest BCUT2D eigenvalue weighted by Gasteiger charge is 2.42. The van der Waals surface area contributed by atoms with Crippen LogP contribution in [0.1, 0.15) is 63.3 Å². The number of benzene rings is 2. The highest BCUT2D eigenvalue weighted by molar-refractivity contribution is 6.06. The molecule has 0 spiro atoms. The van der Waals surface area contributed by atoms with Crippen molar-refractivity contribution in [3.05, 3.63) is 89.5 Å². The molecule has 1 amide bonds. The van der Waals surface area contributed by atoms with Crippen LogP contribution >= 0.6 is 0 Å². The number of fused-ring (bicyclic) bond motifs is 1. The van der Waals surface area contributed by atoms with Gasteiger partial charge >= 0.3 is 0 Å². The highest BCUT2D eigenvalue weighted by atomic mass is 16.3. The van der Waals surface area contributed by atoms with Crippen molar-refractivity contribution in [1.82, 2.24) is 0 Å². The Hall–Kier alpha value is -3.80. The fourth-order valence-electron chi connectivity index (χ4n) is 5.53. The Balaban J connectivity index is 1.58. The predicted octanol–water partition coefficient (Wildman–Crippen LogP) is 6.44. The standard InChI is InChI=1S/C30H33N3O3/c1-4-28(35)33-25-11-8-7-10-23(25)31-24-18-21(20-13-15-22(16-14-20)32(5-2)6-3)19-26(34)29(24)30(33)27-12-9-17-36-27/h7-17,21,30-31H,4-6,18-19H2,1-3H3/t21-,30-/m0/s1. The summed E-state index contributed by atoms with van der Waals surface area (Å²) in [5, 5.41) is 3.56. The molecule has 2 aliphatic rings. The van der Waals surface area contributed by atoms with Gasteiger partial charge in [-0.2, -0.15) is 0 Å². The number of furan rings is 1. The first kappa shape index (κ1) is 23.9. The van der Waals surface area contributed by atoms with E-state index in [4.69, 9.17) is 4.42 Å². The number of ketones is 1. The number of Topliss-reactive ketones (excluding diaryl/α,β-unsaturated/α-hetero) is 1. The molecule has 0 fully saturated rings. The van der Waals surface area contributed by atoms with Gasteiger partial charge in [-0.1, -0.05) is 31.2 Å². The average molecular weight is 484 g/mol. The lowest BCUT2D eigenvalue weighted by molar-refractivity contribution is -0.119. The van der Waals surface area contributed by atoms with Crippen LogP contribution in [-0.4, -0.2) is 24.8 Å². The quantitative estimate of drug-likeness (QED) is 0.437. The minimum Gasteiger partial charge on any atom is -0.467 e. The van der Waals surface area contributed by atoms with Crippen molar-refractivity contribution in [3.8, 4) is 0 Å². The third-order valence-corrected chi connectivity index (χ3v) is 7.37. The van der Waals surface area contributed by atoms with Crippen LogP contribution in [0.15, 0.2) is 82.6 Å². The second kappa shape index (κ2) is 10.1. The van der Waals surface area contributed by atoms with E-state index in [2.05, 4.69) is 48.3 Å². The van der Waals surface area contributed by atoms with Crippen LogP contribution in [0.25, 0.3) is 0 Å². The Morgan fingerprint density at radius 1 is 1.00 bits per heavy atom. The molecule has 2 heterocycles. The predicted molar refractivity (Wildman–Crippen MR) is 143 cm³/mol. The van der Waals surface area contributed by atoms with E-state index in [1.165, 1.54) is 5.69 Å². The van der Waals surface area contributed by atoms with E-state index in [0.717, 1.165) is 35.7 Å². The van der Waals surface area contributed by atoms with Crippen LogP contribution in [0, 0.1) is 0 Å². The van der Waals surface area contributed by atoms with E-state index in [1.807, 2.05) is 43.3 Å². The highest BCUT2D eigenvalue weighted by Crippen LogP contribution is 2.47. The van der Waals surface area contributed by atoms with Crippen molar-refractivity contribution in [1.29, 1.82) is 0 Å². The molecule has 0 unspecified atom stereocenters.